The molecule has 0 bridgehead atoms. The predicted molar refractivity (Wildman–Crippen MR) is 76.7 cm³/mol. The highest BCUT2D eigenvalue weighted by Crippen LogP contribution is 2.32. The molecule has 17 heavy (non-hydrogen) atoms. The Labute approximate surface area is 109 Å². The number of nitrogens with one attached hydrogen (secondary N) is 1. The molecular formula is C14H29NOS. The summed E-state index contributed by atoms with van der Waals surface area (Å²) in [6.45, 7) is 6.80. The lowest BCUT2D eigenvalue weighted by Gasteiger charge is -2.39. The predicted octanol–water partition coefficient (Wildman–Crippen LogP) is 2.95. The van der Waals surface area contributed by atoms with Crippen LogP contribution in [0.25, 0.3) is 0 Å². The van der Waals surface area contributed by atoms with Gasteiger partial charge in [0.25, 0.3) is 0 Å². The summed E-state index contributed by atoms with van der Waals surface area (Å²) < 4.78 is 12.4. The van der Waals surface area contributed by atoms with E-state index in [0.717, 1.165) is 18.1 Å². The Bertz CT molecular complexity index is 244. The molecule has 1 aliphatic carbocycles. The maximum atomic E-state index is 12.4. The molecule has 1 rings (SSSR count). The minimum absolute atomic E-state index is 0.369. The topological polar surface area (TPSA) is 29.1 Å². The maximum absolute atomic E-state index is 12.4. The largest absolute Gasteiger partial charge is 0.316 e. The van der Waals surface area contributed by atoms with E-state index in [1.807, 2.05) is 7.05 Å². The summed E-state index contributed by atoms with van der Waals surface area (Å²) in [7, 11) is 1.37. The van der Waals surface area contributed by atoms with Gasteiger partial charge in [0.05, 0.1) is 5.25 Å². The van der Waals surface area contributed by atoms with Crippen molar-refractivity contribution in [1.82, 2.24) is 5.32 Å². The molecule has 0 saturated heterocycles. The minimum atomic E-state index is -0.645. The quantitative estimate of drug-likeness (QED) is 0.743. The fourth-order valence-electron chi connectivity index (χ4n) is 3.18. The summed E-state index contributed by atoms with van der Waals surface area (Å²) >= 11 is 0. The lowest BCUT2D eigenvalue weighted by atomic mass is 9.80. The fourth-order valence-corrected chi connectivity index (χ4v) is 5.19. The van der Waals surface area contributed by atoms with Crippen molar-refractivity contribution in [3.8, 4) is 0 Å². The molecular weight excluding hydrogens is 230 g/mol. The third-order valence-corrected chi connectivity index (χ3v) is 6.10. The molecule has 2 nitrogen and oxygen atoms in total. The average Bonchev–Trinajstić information content (AvgIpc) is 2.27. The summed E-state index contributed by atoms with van der Waals surface area (Å²) in [5.74, 6) is 2.26. The van der Waals surface area contributed by atoms with Gasteiger partial charge in [-0.1, -0.05) is 33.6 Å². The van der Waals surface area contributed by atoms with Crippen LogP contribution in [0.2, 0.25) is 0 Å². The van der Waals surface area contributed by atoms with Crippen molar-refractivity contribution in [2.45, 2.75) is 64.2 Å². The Balaban J connectivity index is 2.55. The number of hydrogen-bond acceptors (Lipinski definition) is 2. The van der Waals surface area contributed by atoms with Crippen molar-refractivity contribution >= 4 is 10.8 Å². The van der Waals surface area contributed by atoms with Crippen LogP contribution in [0.4, 0.5) is 0 Å². The molecule has 1 N–H and O–H groups in total. The van der Waals surface area contributed by atoms with Gasteiger partial charge in [-0.05, 0) is 38.1 Å². The Hall–Kier alpha value is 0.110. The molecule has 5 unspecified atom stereocenters. The molecule has 1 saturated carbocycles. The smallest absolute Gasteiger partial charge is 0.0526 e. The van der Waals surface area contributed by atoms with Crippen LogP contribution in [0, 0.1) is 11.8 Å². The van der Waals surface area contributed by atoms with Gasteiger partial charge in [-0.3, -0.25) is 4.21 Å². The van der Waals surface area contributed by atoms with Crippen molar-refractivity contribution in [2.24, 2.45) is 11.8 Å². The zero-order valence-electron chi connectivity index (χ0n) is 11.9. The molecule has 0 aromatic carbocycles. The molecule has 1 fully saturated rings. The van der Waals surface area contributed by atoms with Gasteiger partial charge in [-0.15, -0.1) is 0 Å². The summed E-state index contributed by atoms with van der Waals surface area (Å²) in [5, 5.41) is 3.76. The van der Waals surface area contributed by atoms with Crippen LogP contribution < -0.4 is 5.32 Å². The van der Waals surface area contributed by atoms with Gasteiger partial charge in [-0.25, -0.2) is 0 Å². The lowest BCUT2D eigenvalue weighted by molar-refractivity contribution is 0.253. The standard InChI is InChI=1S/C14H29NOS/c1-5-6-7-8-17(16)14-12(3)9-11(2)10-13(14)15-4/h11-15H,5-10H2,1-4H3. The first-order valence-corrected chi connectivity index (χ1v) is 8.52. The highest BCUT2D eigenvalue weighted by atomic mass is 32.2. The fraction of sp³-hybridized carbons (Fsp3) is 1.00. The Morgan fingerprint density at radius 2 is 1.94 bits per heavy atom. The lowest BCUT2D eigenvalue weighted by Crippen LogP contribution is -2.49. The molecule has 102 valence electrons. The van der Waals surface area contributed by atoms with Gasteiger partial charge >= 0.3 is 0 Å². The van der Waals surface area contributed by atoms with Crippen LogP contribution in [-0.4, -0.2) is 28.3 Å². The van der Waals surface area contributed by atoms with Crippen molar-refractivity contribution < 1.29 is 4.21 Å². The van der Waals surface area contributed by atoms with Gasteiger partial charge < -0.3 is 5.32 Å². The summed E-state index contributed by atoms with van der Waals surface area (Å²) in [5.41, 5.74) is 0. The third-order valence-electron chi connectivity index (χ3n) is 4.01. The van der Waals surface area contributed by atoms with E-state index in [2.05, 4.69) is 26.1 Å². The highest BCUT2D eigenvalue weighted by molar-refractivity contribution is 7.85. The van der Waals surface area contributed by atoms with Crippen molar-refractivity contribution in [3.05, 3.63) is 0 Å². The van der Waals surface area contributed by atoms with E-state index in [1.54, 1.807) is 0 Å². The molecule has 0 radical (unpaired) electrons. The number of unbranched alkanes of at least 4 members (excludes halogenated alkanes) is 2. The molecule has 0 aromatic heterocycles. The minimum Gasteiger partial charge on any atom is -0.316 e. The van der Waals surface area contributed by atoms with Gasteiger partial charge in [0.1, 0.15) is 0 Å². The van der Waals surface area contributed by atoms with Crippen LogP contribution in [-0.2, 0) is 10.8 Å². The first kappa shape index (κ1) is 15.2. The van der Waals surface area contributed by atoms with Crippen LogP contribution in [0.5, 0.6) is 0 Å². The van der Waals surface area contributed by atoms with E-state index in [9.17, 15) is 4.21 Å². The van der Waals surface area contributed by atoms with Crippen molar-refractivity contribution in [1.29, 1.82) is 0 Å². The SMILES string of the molecule is CCCCCS(=O)C1C(C)CC(C)CC1NC. The highest BCUT2D eigenvalue weighted by Gasteiger charge is 2.36. The Morgan fingerprint density at radius 3 is 2.53 bits per heavy atom. The second-order valence-electron chi connectivity index (χ2n) is 5.71. The van der Waals surface area contributed by atoms with Gasteiger partial charge in [-0.2, -0.15) is 0 Å². The maximum Gasteiger partial charge on any atom is 0.0526 e. The van der Waals surface area contributed by atoms with Crippen molar-refractivity contribution in [3.63, 3.8) is 0 Å². The van der Waals surface area contributed by atoms with Gasteiger partial charge in [0.2, 0.25) is 0 Å². The van der Waals surface area contributed by atoms with Crippen LogP contribution in [0.15, 0.2) is 0 Å². The molecule has 0 amide bonds. The summed E-state index contributed by atoms with van der Waals surface area (Å²) in [4.78, 5) is 0. The second kappa shape index (κ2) is 7.52. The molecule has 0 aliphatic heterocycles. The molecule has 0 spiro atoms. The van der Waals surface area contributed by atoms with Crippen LogP contribution in [0.1, 0.15) is 52.9 Å². The molecule has 0 heterocycles. The Morgan fingerprint density at radius 1 is 1.24 bits per heavy atom. The normalized spacial score (nSPS) is 35.8. The van der Waals surface area contributed by atoms with E-state index in [-0.39, 0.29) is 0 Å². The van der Waals surface area contributed by atoms with E-state index in [0.29, 0.717) is 17.2 Å². The zero-order valence-corrected chi connectivity index (χ0v) is 12.7. The molecule has 0 aromatic rings. The van der Waals surface area contributed by atoms with Crippen molar-refractivity contribution in [2.75, 3.05) is 12.8 Å². The number of rotatable bonds is 6. The molecule has 3 heteroatoms. The monoisotopic (exact) mass is 259 g/mol. The average molecular weight is 259 g/mol. The van der Waals surface area contributed by atoms with Crippen LogP contribution >= 0.6 is 0 Å². The summed E-state index contributed by atoms with van der Waals surface area (Å²) in [6, 6.07) is 0.455. The van der Waals surface area contributed by atoms with E-state index in [1.165, 1.54) is 25.7 Å². The van der Waals surface area contributed by atoms with Gasteiger partial charge in [0, 0.05) is 22.6 Å². The number of hydrogen-bond donors (Lipinski definition) is 1. The van der Waals surface area contributed by atoms with Crippen LogP contribution in [0.3, 0.4) is 0 Å². The van der Waals surface area contributed by atoms with E-state index in [4.69, 9.17) is 0 Å². The summed E-state index contributed by atoms with van der Waals surface area (Å²) in [6.07, 6.45) is 5.98. The first-order valence-electron chi connectivity index (χ1n) is 7.14. The second-order valence-corrected chi connectivity index (χ2v) is 7.42. The van der Waals surface area contributed by atoms with E-state index >= 15 is 0 Å². The first-order chi connectivity index (χ1) is 8.10. The zero-order chi connectivity index (χ0) is 12.8. The third kappa shape index (κ3) is 4.36. The molecule has 5 atom stereocenters. The Kier molecular flexibility index (Phi) is 6.71. The van der Waals surface area contributed by atoms with E-state index < -0.39 is 10.8 Å². The van der Waals surface area contributed by atoms with Gasteiger partial charge in [0.15, 0.2) is 0 Å². The molecule has 1 aliphatic rings.